The third kappa shape index (κ3) is 3.44. The summed E-state index contributed by atoms with van der Waals surface area (Å²) in [5.74, 6) is 3.35. The van der Waals surface area contributed by atoms with E-state index in [4.69, 9.17) is 18.6 Å². The van der Waals surface area contributed by atoms with Crippen LogP contribution in [0.5, 0.6) is 17.2 Å². The smallest absolute Gasteiger partial charge is 0.203 e. The molecule has 3 heterocycles. The topological polar surface area (TPSA) is 82.4 Å². The Morgan fingerprint density at radius 2 is 1.71 bits per heavy atom. The number of hydrogen-bond donors (Lipinski definition) is 1. The quantitative estimate of drug-likeness (QED) is 0.421. The molecular weight excluding hydrogens is 394 g/mol. The Balaban J connectivity index is 1.48. The molecule has 0 radical (unpaired) electrons. The minimum Gasteiger partial charge on any atom is -0.493 e. The SMILES string of the molecule is COc1cc(Cc2nc3ncc(-c4cc5ccccc5o4)cc3[nH]2)cc(OC)c1OC. The number of fused-ring (bicyclic) bond motifs is 2. The van der Waals surface area contributed by atoms with Crippen LogP contribution < -0.4 is 14.2 Å². The summed E-state index contributed by atoms with van der Waals surface area (Å²) in [6.07, 6.45) is 2.34. The molecule has 156 valence electrons. The molecule has 0 saturated heterocycles. The van der Waals surface area contributed by atoms with E-state index >= 15 is 0 Å². The maximum absolute atomic E-state index is 5.96. The van der Waals surface area contributed by atoms with Gasteiger partial charge in [-0.2, -0.15) is 0 Å². The van der Waals surface area contributed by atoms with Gasteiger partial charge in [-0.3, -0.25) is 0 Å². The van der Waals surface area contributed by atoms with Crippen molar-refractivity contribution in [2.75, 3.05) is 21.3 Å². The Morgan fingerprint density at radius 3 is 2.42 bits per heavy atom. The minimum atomic E-state index is 0.563. The van der Waals surface area contributed by atoms with Crippen LogP contribution in [0.15, 0.2) is 59.1 Å². The summed E-state index contributed by atoms with van der Waals surface area (Å²) in [5, 5.41) is 1.06. The highest BCUT2D eigenvalue weighted by molar-refractivity contribution is 5.84. The van der Waals surface area contributed by atoms with E-state index in [2.05, 4.69) is 15.0 Å². The number of para-hydroxylation sites is 1. The molecule has 5 aromatic rings. The van der Waals surface area contributed by atoms with Gasteiger partial charge in [0.2, 0.25) is 5.75 Å². The fourth-order valence-electron chi connectivity index (χ4n) is 3.72. The highest BCUT2D eigenvalue weighted by Gasteiger charge is 2.15. The predicted octanol–water partition coefficient (Wildman–Crippen LogP) is 4.99. The zero-order valence-electron chi connectivity index (χ0n) is 17.4. The van der Waals surface area contributed by atoms with Crippen LogP contribution in [0, 0.1) is 0 Å². The third-order valence-electron chi connectivity index (χ3n) is 5.19. The molecule has 0 spiro atoms. The van der Waals surface area contributed by atoms with Crippen molar-refractivity contribution in [3.8, 4) is 28.6 Å². The second-order valence-electron chi connectivity index (χ2n) is 7.14. The Bertz CT molecular complexity index is 1330. The largest absolute Gasteiger partial charge is 0.493 e. The Hall–Kier alpha value is -4.00. The lowest BCUT2D eigenvalue weighted by Gasteiger charge is -2.13. The van der Waals surface area contributed by atoms with E-state index in [1.807, 2.05) is 48.5 Å². The van der Waals surface area contributed by atoms with Gasteiger partial charge in [-0.1, -0.05) is 18.2 Å². The monoisotopic (exact) mass is 415 g/mol. The first-order valence-corrected chi connectivity index (χ1v) is 9.81. The Kier molecular flexibility index (Phi) is 4.71. The molecule has 1 N–H and O–H groups in total. The average molecular weight is 415 g/mol. The van der Waals surface area contributed by atoms with Gasteiger partial charge in [0.05, 0.1) is 26.8 Å². The van der Waals surface area contributed by atoms with Crippen LogP contribution in [0.1, 0.15) is 11.4 Å². The number of furan rings is 1. The molecule has 7 nitrogen and oxygen atoms in total. The van der Waals surface area contributed by atoms with Crippen molar-refractivity contribution in [1.29, 1.82) is 0 Å². The number of ether oxygens (including phenoxy) is 3. The summed E-state index contributed by atoms with van der Waals surface area (Å²) >= 11 is 0. The normalized spacial score (nSPS) is 11.2. The minimum absolute atomic E-state index is 0.563. The lowest BCUT2D eigenvalue weighted by molar-refractivity contribution is 0.324. The zero-order chi connectivity index (χ0) is 21.4. The number of hydrogen-bond acceptors (Lipinski definition) is 6. The molecule has 0 amide bonds. The molecule has 7 heteroatoms. The van der Waals surface area contributed by atoms with Crippen molar-refractivity contribution in [2.24, 2.45) is 0 Å². The summed E-state index contributed by atoms with van der Waals surface area (Å²) < 4.78 is 22.3. The standard InChI is InChI=1S/C24H21N3O4/c1-28-20-8-14(9-21(29-2)23(20)30-3)10-22-26-17-11-16(13-25-24(17)27-22)19-12-15-6-4-5-7-18(15)31-19/h4-9,11-13H,10H2,1-3H3,(H,25,26,27). The number of nitrogens with one attached hydrogen (secondary N) is 1. The maximum atomic E-state index is 5.96. The van der Waals surface area contributed by atoms with Crippen LogP contribution in [0.25, 0.3) is 33.5 Å². The highest BCUT2D eigenvalue weighted by Crippen LogP contribution is 2.38. The van der Waals surface area contributed by atoms with Crippen molar-refractivity contribution >= 4 is 22.1 Å². The summed E-state index contributed by atoms with van der Waals surface area (Å²) in [6, 6.07) is 15.8. The van der Waals surface area contributed by atoms with Gasteiger partial charge in [-0.15, -0.1) is 0 Å². The number of H-pyrrole nitrogens is 1. The van der Waals surface area contributed by atoms with E-state index in [0.29, 0.717) is 29.3 Å². The molecule has 0 unspecified atom stereocenters. The summed E-state index contributed by atoms with van der Waals surface area (Å²) in [6.45, 7) is 0. The fraction of sp³-hybridized carbons (Fsp3) is 0.167. The van der Waals surface area contributed by atoms with E-state index < -0.39 is 0 Å². The molecule has 0 fully saturated rings. The zero-order valence-corrected chi connectivity index (χ0v) is 17.4. The first-order valence-electron chi connectivity index (χ1n) is 9.81. The summed E-state index contributed by atoms with van der Waals surface area (Å²) in [5.41, 5.74) is 4.23. The second-order valence-corrected chi connectivity index (χ2v) is 7.14. The number of pyridine rings is 1. The van der Waals surface area contributed by atoms with Gasteiger partial charge in [-0.25, -0.2) is 9.97 Å². The van der Waals surface area contributed by atoms with Crippen molar-refractivity contribution in [2.45, 2.75) is 6.42 Å². The van der Waals surface area contributed by atoms with Gasteiger partial charge in [0, 0.05) is 23.6 Å². The van der Waals surface area contributed by atoms with Crippen LogP contribution in [-0.4, -0.2) is 36.3 Å². The van der Waals surface area contributed by atoms with E-state index in [9.17, 15) is 0 Å². The van der Waals surface area contributed by atoms with Crippen LogP contribution >= 0.6 is 0 Å². The molecule has 0 bridgehead atoms. The van der Waals surface area contributed by atoms with Gasteiger partial charge < -0.3 is 23.6 Å². The molecule has 2 aromatic carbocycles. The molecule has 0 aliphatic carbocycles. The summed E-state index contributed by atoms with van der Waals surface area (Å²) in [4.78, 5) is 12.5. The van der Waals surface area contributed by atoms with Gasteiger partial charge in [0.1, 0.15) is 17.2 Å². The van der Waals surface area contributed by atoms with Crippen molar-refractivity contribution in [3.63, 3.8) is 0 Å². The predicted molar refractivity (Wildman–Crippen MR) is 118 cm³/mol. The lowest BCUT2D eigenvalue weighted by atomic mass is 10.1. The second kappa shape index (κ2) is 7.68. The number of imidazole rings is 1. The molecule has 5 rings (SSSR count). The molecule has 3 aromatic heterocycles. The number of rotatable bonds is 6. The van der Waals surface area contributed by atoms with Crippen LogP contribution in [0.2, 0.25) is 0 Å². The molecular formula is C24H21N3O4. The highest BCUT2D eigenvalue weighted by atomic mass is 16.5. The Morgan fingerprint density at radius 1 is 0.935 bits per heavy atom. The summed E-state index contributed by atoms with van der Waals surface area (Å²) in [7, 11) is 4.79. The molecule has 31 heavy (non-hydrogen) atoms. The number of methoxy groups -OCH3 is 3. The average Bonchev–Trinajstić information content (AvgIpc) is 3.41. The van der Waals surface area contributed by atoms with Crippen LogP contribution in [0.4, 0.5) is 0 Å². The number of aromatic amines is 1. The fourth-order valence-corrected chi connectivity index (χ4v) is 3.72. The lowest BCUT2D eigenvalue weighted by Crippen LogP contribution is -1.98. The van der Waals surface area contributed by atoms with Crippen molar-refractivity contribution in [3.05, 3.63) is 66.1 Å². The Labute approximate surface area is 178 Å². The molecule has 0 aliphatic heterocycles. The third-order valence-corrected chi connectivity index (χ3v) is 5.19. The van der Waals surface area contributed by atoms with Crippen molar-refractivity contribution < 1.29 is 18.6 Å². The molecule has 0 saturated carbocycles. The van der Waals surface area contributed by atoms with Gasteiger partial charge in [0.15, 0.2) is 17.1 Å². The van der Waals surface area contributed by atoms with Crippen LogP contribution in [0.3, 0.4) is 0 Å². The molecule has 0 atom stereocenters. The van der Waals surface area contributed by atoms with Gasteiger partial charge >= 0.3 is 0 Å². The van der Waals surface area contributed by atoms with E-state index in [1.54, 1.807) is 27.5 Å². The van der Waals surface area contributed by atoms with Crippen LogP contribution in [-0.2, 0) is 6.42 Å². The molecule has 0 aliphatic rings. The van der Waals surface area contributed by atoms with Gasteiger partial charge in [-0.05, 0) is 35.9 Å². The maximum Gasteiger partial charge on any atom is 0.203 e. The van der Waals surface area contributed by atoms with E-state index in [1.165, 1.54) is 0 Å². The number of benzene rings is 2. The van der Waals surface area contributed by atoms with Crippen molar-refractivity contribution in [1.82, 2.24) is 15.0 Å². The first kappa shape index (κ1) is 19.0. The van der Waals surface area contributed by atoms with E-state index in [0.717, 1.165) is 39.2 Å². The van der Waals surface area contributed by atoms with Gasteiger partial charge in [0.25, 0.3) is 0 Å². The number of aromatic nitrogens is 3. The van der Waals surface area contributed by atoms with E-state index in [-0.39, 0.29) is 0 Å². The number of nitrogens with zero attached hydrogens (tertiary/aromatic N) is 2. The first-order chi connectivity index (χ1) is 15.2.